The van der Waals surface area contributed by atoms with Gasteiger partial charge in [0.15, 0.2) is 0 Å². The van der Waals surface area contributed by atoms with Crippen molar-refractivity contribution in [1.82, 2.24) is 15.1 Å². The number of benzene rings is 2. The van der Waals surface area contributed by atoms with Gasteiger partial charge >= 0.3 is 6.03 Å². The minimum atomic E-state index is -0.0433. The number of hydrogen-bond acceptors (Lipinski definition) is 3. The van der Waals surface area contributed by atoms with Crippen LogP contribution in [-0.4, -0.2) is 40.8 Å². The van der Waals surface area contributed by atoms with Crippen LogP contribution in [0.25, 0.3) is 10.9 Å². The Morgan fingerprint density at radius 1 is 1.35 bits per heavy atom. The summed E-state index contributed by atoms with van der Waals surface area (Å²) >= 11 is 0. The molecule has 0 radical (unpaired) electrons. The van der Waals surface area contributed by atoms with E-state index in [0.717, 1.165) is 48.1 Å². The lowest BCUT2D eigenvalue weighted by molar-refractivity contribution is 0.206. The summed E-state index contributed by atoms with van der Waals surface area (Å²) in [6.07, 6.45) is 4.64. The number of urea groups is 1. The lowest BCUT2D eigenvalue weighted by atomic mass is 10.0. The van der Waals surface area contributed by atoms with E-state index in [1.54, 1.807) is 13.3 Å². The van der Waals surface area contributed by atoms with E-state index in [1.807, 2.05) is 41.3 Å². The number of aromatic nitrogens is 2. The van der Waals surface area contributed by atoms with Crippen LogP contribution in [0.2, 0.25) is 0 Å². The molecule has 0 bridgehead atoms. The van der Waals surface area contributed by atoms with Crippen molar-refractivity contribution in [2.75, 3.05) is 19.0 Å². The number of carbonyl (C=O) groups excluding carboxylic acids is 1. The summed E-state index contributed by atoms with van der Waals surface area (Å²) < 4.78 is 5.30. The Morgan fingerprint density at radius 2 is 2.27 bits per heavy atom. The monoisotopic (exact) mass is 350 g/mol. The van der Waals surface area contributed by atoms with Crippen LogP contribution in [0.3, 0.4) is 0 Å². The molecule has 2 amide bonds. The molecule has 6 heteroatoms. The molecule has 2 heterocycles. The Hall–Kier alpha value is -3.02. The predicted octanol–water partition coefficient (Wildman–Crippen LogP) is 3.81. The molecule has 26 heavy (non-hydrogen) atoms. The smallest absolute Gasteiger partial charge is 0.322 e. The standard InChI is InChI=1S/C20H22N4O2/c1-26-18-6-2-4-14(11-18)10-17-5-3-9-24(17)20(25)22-16-7-8-19-15(12-16)13-21-23-19/h2,4,6-8,11-13,17H,3,5,9-10H2,1H3,(H,21,23)(H,22,25). The quantitative estimate of drug-likeness (QED) is 0.752. The van der Waals surface area contributed by atoms with Crippen molar-refractivity contribution >= 4 is 22.6 Å². The molecule has 6 nitrogen and oxygen atoms in total. The molecule has 1 saturated heterocycles. The second-order valence-electron chi connectivity index (χ2n) is 6.65. The molecule has 2 aromatic carbocycles. The topological polar surface area (TPSA) is 70.2 Å². The van der Waals surface area contributed by atoms with Crippen LogP contribution in [0.4, 0.5) is 10.5 Å². The van der Waals surface area contributed by atoms with Crippen LogP contribution in [0, 0.1) is 0 Å². The number of rotatable bonds is 4. The van der Waals surface area contributed by atoms with Crippen molar-refractivity contribution in [2.24, 2.45) is 0 Å². The predicted molar refractivity (Wildman–Crippen MR) is 102 cm³/mol. The van der Waals surface area contributed by atoms with Crippen molar-refractivity contribution in [1.29, 1.82) is 0 Å². The number of H-pyrrole nitrogens is 1. The summed E-state index contributed by atoms with van der Waals surface area (Å²) in [5, 5.41) is 10.9. The molecule has 0 aliphatic carbocycles. The molecular weight excluding hydrogens is 328 g/mol. The van der Waals surface area contributed by atoms with Crippen LogP contribution >= 0.6 is 0 Å². The molecule has 1 aliphatic heterocycles. The molecular formula is C20H22N4O2. The summed E-state index contributed by atoms with van der Waals surface area (Å²) in [7, 11) is 1.67. The SMILES string of the molecule is COc1cccc(CC2CCCN2C(=O)Nc2ccc3[nH]ncc3c2)c1. The second-order valence-corrected chi connectivity index (χ2v) is 6.65. The first-order valence-electron chi connectivity index (χ1n) is 8.86. The van der Waals surface area contributed by atoms with Crippen LogP contribution in [-0.2, 0) is 6.42 Å². The van der Waals surface area contributed by atoms with E-state index >= 15 is 0 Å². The Kier molecular flexibility index (Phi) is 4.48. The van der Waals surface area contributed by atoms with Crippen molar-refractivity contribution < 1.29 is 9.53 Å². The zero-order chi connectivity index (χ0) is 17.9. The minimum absolute atomic E-state index is 0.0433. The first-order valence-corrected chi connectivity index (χ1v) is 8.86. The van der Waals surface area contributed by atoms with Crippen LogP contribution in [0.15, 0.2) is 48.7 Å². The van der Waals surface area contributed by atoms with E-state index in [9.17, 15) is 4.79 Å². The van der Waals surface area contributed by atoms with Gasteiger partial charge in [0.1, 0.15) is 5.75 Å². The molecule has 1 atom stereocenters. The third-order valence-electron chi connectivity index (χ3n) is 4.93. The maximum atomic E-state index is 12.8. The number of hydrogen-bond donors (Lipinski definition) is 2. The van der Waals surface area contributed by atoms with Crippen LogP contribution in [0.1, 0.15) is 18.4 Å². The van der Waals surface area contributed by atoms with Crippen molar-refractivity contribution in [3.63, 3.8) is 0 Å². The molecule has 0 saturated carbocycles. The summed E-state index contributed by atoms with van der Waals surface area (Å²) in [5.41, 5.74) is 2.94. The number of carbonyl (C=O) groups is 1. The fourth-order valence-corrected chi connectivity index (χ4v) is 3.60. The summed E-state index contributed by atoms with van der Waals surface area (Å²) in [6, 6.07) is 14.0. The van der Waals surface area contributed by atoms with Gasteiger partial charge in [0, 0.05) is 23.7 Å². The lowest BCUT2D eigenvalue weighted by Crippen LogP contribution is -2.39. The number of nitrogens with one attached hydrogen (secondary N) is 2. The number of aromatic amines is 1. The molecule has 134 valence electrons. The van der Waals surface area contributed by atoms with Gasteiger partial charge in [-0.05, 0) is 55.2 Å². The molecule has 3 aromatic rings. The number of methoxy groups -OCH3 is 1. The van der Waals surface area contributed by atoms with Gasteiger partial charge in [-0.3, -0.25) is 5.10 Å². The number of likely N-dealkylation sites (tertiary alicyclic amines) is 1. The summed E-state index contributed by atoms with van der Waals surface area (Å²) in [5.74, 6) is 0.852. The van der Waals surface area contributed by atoms with Crippen LogP contribution in [0.5, 0.6) is 5.75 Å². The first kappa shape index (κ1) is 16.4. The highest BCUT2D eigenvalue weighted by Gasteiger charge is 2.29. The van der Waals surface area contributed by atoms with E-state index in [2.05, 4.69) is 21.6 Å². The average Bonchev–Trinajstić information content (AvgIpc) is 3.30. The molecule has 1 unspecified atom stereocenters. The van der Waals surface area contributed by atoms with Gasteiger partial charge in [-0.1, -0.05) is 12.1 Å². The highest BCUT2D eigenvalue weighted by atomic mass is 16.5. The fraction of sp³-hybridized carbons (Fsp3) is 0.300. The average molecular weight is 350 g/mol. The maximum Gasteiger partial charge on any atom is 0.322 e. The Bertz CT molecular complexity index is 921. The van der Waals surface area contributed by atoms with Gasteiger partial charge in [-0.15, -0.1) is 0 Å². The van der Waals surface area contributed by atoms with Gasteiger partial charge in [-0.2, -0.15) is 5.10 Å². The van der Waals surface area contributed by atoms with Gasteiger partial charge in [0.25, 0.3) is 0 Å². The fourth-order valence-electron chi connectivity index (χ4n) is 3.60. The molecule has 4 rings (SSSR count). The third kappa shape index (κ3) is 3.35. The molecule has 1 fully saturated rings. The lowest BCUT2D eigenvalue weighted by Gasteiger charge is -2.25. The van der Waals surface area contributed by atoms with Gasteiger partial charge < -0.3 is 15.0 Å². The Balaban J connectivity index is 1.45. The van der Waals surface area contributed by atoms with E-state index in [-0.39, 0.29) is 12.1 Å². The Labute approximate surface area is 152 Å². The van der Waals surface area contributed by atoms with Crippen LogP contribution < -0.4 is 10.1 Å². The van der Waals surface area contributed by atoms with Gasteiger partial charge in [-0.25, -0.2) is 4.79 Å². The van der Waals surface area contributed by atoms with Gasteiger partial charge in [0.2, 0.25) is 0 Å². The maximum absolute atomic E-state index is 12.8. The summed E-state index contributed by atoms with van der Waals surface area (Å²) in [6.45, 7) is 0.786. The number of anilines is 1. The number of amides is 2. The third-order valence-corrected chi connectivity index (χ3v) is 4.93. The number of nitrogens with zero attached hydrogens (tertiary/aromatic N) is 2. The Morgan fingerprint density at radius 3 is 3.15 bits per heavy atom. The zero-order valence-corrected chi connectivity index (χ0v) is 14.7. The van der Waals surface area contributed by atoms with E-state index < -0.39 is 0 Å². The molecule has 0 spiro atoms. The molecule has 2 N–H and O–H groups in total. The zero-order valence-electron chi connectivity index (χ0n) is 14.7. The van der Waals surface area contributed by atoms with Crippen molar-refractivity contribution in [3.8, 4) is 5.75 Å². The minimum Gasteiger partial charge on any atom is -0.497 e. The second kappa shape index (κ2) is 7.07. The van der Waals surface area contributed by atoms with Crippen molar-refractivity contribution in [2.45, 2.75) is 25.3 Å². The highest BCUT2D eigenvalue weighted by molar-refractivity contribution is 5.92. The van der Waals surface area contributed by atoms with E-state index in [0.29, 0.717) is 0 Å². The van der Waals surface area contributed by atoms with E-state index in [4.69, 9.17) is 4.74 Å². The largest absolute Gasteiger partial charge is 0.497 e. The van der Waals surface area contributed by atoms with Crippen molar-refractivity contribution in [3.05, 3.63) is 54.2 Å². The molecule has 1 aliphatic rings. The number of fused-ring (bicyclic) bond motifs is 1. The highest BCUT2D eigenvalue weighted by Crippen LogP contribution is 2.24. The normalized spacial score (nSPS) is 16.8. The van der Waals surface area contributed by atoms with E-state index in [1.165, 1.54) is 5.56 Å². The number of ether oxygens (including phenoxy) is 1. The molecule has 1 aromatic heterocycles. The first-order chi connectivity index (χ1) is 12.7. The van der Waals surface area contributed by atoms with Gasteiger partial charge in [0.05, 0.1) is 18.8 Å². The summed E-state index contributed by atoms with van der Waals surface area (Å²) in [4.78, 5) is 14.7.